The predicted molar refractivity (Wildman–Crippen MR) is 98.5 cm³/mol. The molecule has 0 saturated heterocycles. The molecule has 132 valence electrons. The monoisotopic (exact) mass is 351 g/mol. The molecule has 3 aromatic rings. The maximum absolute atomic E-state index is 13.7. The highest BCUT2D eigenvalue weighted by molar-refractivity contribution is 5.49. The molecule has 6 heteroatoms. The lowest BCUT2D eigenvalue weighted by Gasteiger charge is -2.27. The molecular formula is C20H18FN3O2. The van der Waals surface area contributed by atoms with Crippen molar-refractivity contribution in [1.82, 2.24) is 9.55 Å². The van der Waals surface area contributed by atoms with Crippen LogP contribution in [0.25, 0.3) is 5.69 Å². The maximum atomic E-state index is 13.7. The van der Waals surface area contributed by atoms with Gasteiger partial charge < -0.3 is 5.32 Å². The number of hydrogen-bond acceptors (Lipinski definition) is 3. The molecule has 0 spiro atoms. The van der Waals surface area contributed by atoms with Crippen LogP contribution >= 0.6 is 0 Å². The summed E-state index contributed by atoms with van der Waals surface area (Å²) >= 11 is 0. The van der Waals surface area contributed by atoms with Crippen molar-refractivity contribution in [3.05, 3.63) is 91.9 Å². The van der Waals surface area contributed by atoms with Gasteiger partial charge in [0.05, 0.1) is 17.3 Å². The van der Waals surface area contributed by atoms with E-state index in [-0.39, 0.29) is 11.7 Å². The Balaban J connectivity index is 1.79. The van der Waals surface area contributed by atoms with E-state index in [1.165, 1.54) is 12.1 Å². The van der Waals surface area contributed by atoms with Gasteiger partial charge in [-0.25, -0.2) is 13.8 Å². The second kappa shape index (κ2) is 6.29. The zero-order chi connectivity index (χ0) is 18.3. The van der Waals surface area contributed by atoms with Crippen molar-refractivity contribution < 1.29 is 4.39 Å². The molecule has 0 unspecified atom stereocenters. The average molecular weight is 351 g/mol. The number of nitrogens with one attached hydrogen (secondary N) is 2. The number of anilines is 1. The third-order valence-electron chi connectivity index (χ3n) is 4.69. The highest BCUT2D eigenvalue weighted by Crippen LogP contribution is 2.29. The topological polar surface area (TPSA) is 66.9 Å². The molecule has 4 rings (SSSR count). The summed E-state index contributed by atoms with van der Waals surface area (Å²) in [5.41, 5.74) is 1.50. The summed E-state index contributed by atoms with van der Waals surface area (Å²) in [5, 5.41) is 3.25. The molecule has 0 bridgehead atoms. The van der Waals surface area contributed by atoms with Gasteiger partial charge in [-0.3, -0.25) is 9.78 Å². The molecule has 0 radical (unpaired) electrons. The standard InChI is InChI=1S/C20H18FN3O2/c1-12-9-14(21)11-15(10-12)24-19(25)16-7-8-17(13-5-3-2-4-6-13)22-18(16)23-20(24)26/h2-6,9-11,17,22H,7-8H2,1H3,(H,23,26)/t17-/m1/s1. The van der Waals surface area contributed by atoms with Crippen LogP contribution in [-0.4, -0.2) is 9.55 Å². The first-order valence-corrected chi connectivity index (χ1v) is 8.50. The minimum absolute atomic E-state index is 0.0333. The van der Waals surface area contributed by atoms with E-state index in [2.05, 4.69) is 10.3 Å². The van der Waals surface area contributed by atoms with Crippen molar-refractivity contribution in [3.63, 3.8) is 0 Å². The number of halogens is 1. The normalized spacial score (nSPS) is 16.0. The molecule has 2 N–H and O–H groups in total. The van der Waals surface area contributed by atoms with E-state index in [0.717, 1.165) is 16.6 Å². The first kappa shape index (κ1) is 16.3. The number of fused-ring (bicyclic) bond motifs is 1. The van der Waals surface area contributed by atoms with E-state index < -0.39 is 17.1 Å². The van der Waals surface area contributed by atoms with Crippen LogP contribution in [0.15, 0.2) is 58.1 Å². The lowest BCUT2D eigenvalue weighted by molar-refractivity contribution is 0.622. The van der Waals surface area contributed by atoms with Crippen molar-refractivity contribution in [2.75, 3.05) is 5.32 Å². The van der Waals surface area contributed by atoms with E-state index in [1.807, 2.05) is 30.3 Å². The lowest BCUT2D eigenvalue weighted by atomic mass is 9.96. The molecule has 1 atom stereocenters. The summed E-state index contributed by atoms with van der Waals surface area (Å²) < 4.78 is 14.7. The van der Waals surface area contributed by atoms with E-state index in [4.69, 9.17) is 0 Å². The average Bonchev–Trinajstić information content (AvgIpc) is 2.61. The van der Waals surface area contributed by atoms with Crippen molar-refractivity contribution in [1.29, 1.82) is 0 Å². The first-order chi connectivity index (χ1) is 12.5. The number of aromatic amines is 1. The molecule has 0 saturated carbocycles. The van der Waals surface area contributed by atoms with Gasteiger partial charge in [0, 0.05) is 0 Å². The molecule has 5 nitrogen and oxygen atoms in total. The summed E-state index contributed by atoms with van der Waals surface area (Å²) in [7, 11) is 0. The van der Waals surface area contributed by atoms with Gasteiger partial charge in [-0.1, -0.05) is 30.3 Å². The molecule has 0 amide bonds. The second-order valence-electron chi connectivity index (χ2n) is 6.56. The van der Waals surface area contributed by atoms with Gasteiger partial charge in [-0.2, -0.15) is 0 Å². The molecule has 2 aromatic carbocycles. The van der Waals surface area contributed by atoms with Crippen LogP contribution in [0.2, 0.25) is 0 Å². The largest absolute Gasteiger partial charge is 0.364 e. The number of rotatable bonds is 2. The van der Waals surface area contributed by atoms with Crippen LogP contribution in [0.5, 0.6) is 0 Å². The van der Waals surface area contributed by atoms with Gasteiger partial charge in [-0.15, -0.1) is 0 Å². The van der Waals surface area contributed by atoms with E-state index >= 15 is 0 Å². The maximum Gasteiger partial charge on any atom is 0.334 e. The minimum atomic E-state index is -0.583. The van der Waals surface area contributed by atoms with Gasteiger partial charge in [0.25, 0.3) is 5.56 Å². The Morgan fingerprint density at radius 1 is 1.12 bits per heavy atom. The molecule has 0 fully saturated rings. The molecule has 1 aromatic heterocycles. The zero-order valence-corrected chi connectivity index (χ0v) is 14.3. The van der Waals surface area contributed by atoms with E-state index in [9.17, 15) is 14.0 Å². The number of aromatic nitrogens is 2. The van der Waals surface area contributed by atoms with Gasteiger partial charge >= 0.3 is 5.69 Å². The van der Waals surface area contributed by atoms with Crippen molar-refractivity contribution in [3.8, 4) is 5.69 Å². The number of H-pyrrole nitrogens is 1. The van der Waals surface area contributed by atoms with Gasteiger partial charge in [0.1, 0.15) is 11.6 Å². The lowest BCUT2D eigenvalue weighted by Crippen LogP contribution is -2.39. The fourth-order valence-electron chi connectivity index (χ4n) is 3.48. The Kier molecular flexibility index (Phi) is 3.95. The Hall–Kier alpha value is -3.15. The second-order valence-corrected chi connectivity index (χ2v) is 6.56. The fraction of sp³-hybridized carbons (Fsp3) is 0.200. The first-order valence-electron chi connectivity index (χ1n) is 8.50. The summed E-state index contributed by atoms with van der Waals surface area (Å²) in [6.45, 7) is 1.72. The van der Waals surface area contributed by atoms with Gasteiger partial charge in [0.15, 0.2) is 0 Å². The predicted octanol–water partition coefficient (Wildman–Crippen LogP) is 3.07. The molecular weight excluding hydrogens is 333 g/mol. The van der Waals surface area contributed by atoms with Crippen LogP contribution in [0.4, 0.5) is 10.2 Å². The van der Waals surface area contributed by atoms with Crippen LogP contribution < -0.4 is 16.6 Å². The van der Waals surface area contributed by atoms with Gasteiger partial charge in [-0.05, 0) is 49.1 Å². The summed E-state index contributed by atoms with van der Waals surface area (Å²) in [6, 6.07) is 14.1. The number of nitrogens with zero attached hydrogens (tertiary/aromatic N) is 1. The van der Waals surface area contributed by atoms with E-state index in [0.29, 0.717) is 23.4 Å². The Morgan fingerprint density at radius 2 is 1.88 bits per heavy atom. The smallest absolute Gasteiger partial charge is 0.334 e. The van der Waals surface area contributed by atoms with Crippen LogP contribution in [-0.2, 0) is 6.42 Å². The molecule has 26 heavy (non-hydrogen) atoms. The Labute approximate surface area is 149 Å². The Bertz CT molecular complexity index is 1070. The molecule has 0 aliphatic carbocycles. The van der Waals surface area contributed by atoms with Gasteiger partial charge in [0.2, 0.25) is 0 Å². The summed E-state index contributed by atoms with van der Waals surface area (Å²) in [6.07, 6.45) is 1.27. The van der Waals surface area contributed by atoms with Crippen LogP contribution in [0.1, 0.15) is 29.2 Å². The summed E-state index contributed by atoms with van der Waals surface area (Å²) in [5.74, 6) is -0.0317. The van der Waals surface area contributed by atoms with Crippen LogP contribution in [0.3, 0.4) is 0 Å². The highest BCUT2D eigenvalue weighted by Gasteiger charge is 2.24. The minimum Gasteiger partial charge on any atom is -0.364 e. The van der Waals surface area contributed by atoms with Crippen molar-refractivity contribution >= 4 is 5.82 Å². The molecule has 1 aliphatic rings. The Morgan fingerprint density at radius 3 is 2.62 bits per heavy atom. The van der Waals surface area contributed by atoms with E-state index in [1.54, 1.807) is 13.0 Å². The third kappa shape index (κ3) is 2.83. The fourth-order valence-corrected chi connectivity index (χ4v) is 3.48. The SMILES string of the molecule is Cc1cc(F)cc(-n2c(=O)[nH]c3c(c2=O)CC[C@H](c2ccccc2)N3)c1. The highest BCUT2D eigenvalue weighted by atomic mass is 19.1. The number of hydrogen-bond donors (Lipinski definition) is 2. The quantitative estimate of drug-likeness (QED) is 0.746. The zero-order valence-electron chi connectivity index (χ0n) is 14.3. The third-order valence-corrected chi connectivity index (χ3v) is 4.69. The van der Waals surface area contributed by atoms with Crippen LogP contribution in [0, 0.1) is 12.7 Å². The number of aryl methyl sites for hydroxylation is 1. The molecule has 1 aliphatic heterocycles. The number of benzene rings is 2. The summed E-state index contributed by atoms with van der Waals surface area (Å²) in [4.78, 5) is 28.2. The van der Waals surface area contributed by atoms with Crippen molar-refractivity contribution in [2.45, 2.75) is 25.8 Å². The molecule has 2 heterocycles. The van der Waals surface area contributed by atoms with Crippen molar-refractivity contribution in [2.24, 2.45) is 0 Å².